The summed E-state index contributed by atoms with van der Waals surface area (Å²) in [6, 6.07) is 13.6. The molecule has 1 saturated heterocycles. The molecule has 3 rings (SSSR count). The van der Waals surface area contributed by atoms with Gasteiger partial charge in [0.15, 0.2) is 0 Å². The Kier molecular flexibility index (Phi) is 4.82. The van der Waals surface area contributed by atoms with Crippen molar-refractivity contribution in [2.45, 2.75) is 20.3 Å². The molecule has 1 N–H and O–H groups in total. The van der Waals surface area contributed by atoms with Crippen molar-refractivity contribution in [1.82, 2.24) is 0 Å². The molecule has 1 fully saturated rings. The molecule has 2 aromatic carbocycles. The first-order chi connectivity index (χ1) is 12.3. The van der Waals surface area contributed by atoms with Gasteiger partial charge in [-0.05, 0) is 36.2 Å². The molecule has 7 heteroatoms. The van der Waals surface area contributed by atoms with E-state index in [-0.39, 0.29) is 22.9 Å². The largest absolute Gasteiger partial charge is 0.322 e. The summed E-state index contributed by atoms with van der Waals surface area (Å²) in [4.78, 5) is 24.8. The first-order valence-corrected chi connectivity index (χ1v) is 10.0. The van der Waals surface area contributed by atoms with Crippen LogP contribution in [0.2, 0.25) is 0 Å². The Labute approximate surface area is 152 Å². The predicted molar refractivity (Wildman–Crippen MR) is 101 cm³/mol. The second-order valence-electron chi connectivity index (χ2n) is 6.30. The van der Waals surface area contributed by atoms with Crippen molar-refractivity contribution in [2.75, 3.05) is 15.4 Å². The molecule has 0 bridgehead atoms. The van der Waals surface area contributed by atoms with Crippen molar-refractivity contribution >= 4 is 33.2 Å². The second-order valence-corrected chi connectivity index (χ2v) is 8.16. The molecule has 1 heterocycles. The topological polar surface area (TPSA) is 83.6 Å². The summed E-state index contributed by atoms with van der Waals surface area (Å²) in [5.41, 5.74) is 2.19. The van der Waals surface area contributed by atoms with E-state index in [4.69, 9.17) is 0 Å². The molecule has 1 aliphatic heterocycles. The van der Waals surface area contributed by atoms with Gasteiger partial charge in [0, 0.05) is 11.3 Å². The molecule has 26 heavy (non-hydrogen) atoms. The number of aryl methyl sites for hydroxylation is 1. The molecule has 0 aromatic heterocycles. The van der Waals surface area contributed by atoms with Gasteiger partial charge in [-0.3, -0.25) is 9.59 Å². The van der Waals surface area contributed by atoms with Crippen LogP contribution >= 0.6 is 0 Å². The number of carbonyl (C=O) groups is 2. The quantitative estimate of drug-likeness (QED) is 0.894. The lowest BCUT2D eigenvalue weighted by molar-refractivity contribution is -0.119. The van der Waals surface area contributed by atoms with Gasteiger partial charge < -0.3 is 5.32 Å². The number of nitrogens with zero attached hydrogens (tertiary/aromatic N) is 1. The lowest BCUT2D eigenvalue weighted by Gasteiger charge is -2.16. The van der Waals surface area contributed by atoms with E-state index in [0.717, 1.165) is 16.3 Å². The minimum absolute atomic E-state index is 0.191. The van der Waals surface area contributed by atoms with E-state index in [2.05, 4.69) is 5.32 Å². The highest BCUT2D eigenvalue weighted by Crippen LogP contribution is 2.29. The number of rotatable bonds is 4. The zero-order valence-electron chi connectivity index (χ0n) is 14.6. The summed E-state index contributed by atoms with van der Waals surface area (Å²) < 4.78 is 25.3. The van der Waals surface area contributed by atoms with Crippen LogP contribution < -0.4 is 9.62 Å². The van der Waals surface area contributed by atoms with Gasteiger partial charge in [0.05, 0.1) is 17.4 Å². The Morgan fingerprint density at radius 3 is 2.58 bits per heavy atom. The van der Waals surface area contributed by atoms with E-state index in [0.29, 0.717) is 5.69 Å². The van der Waals surface area contributed by atoms with Crippen LogP contribution in [-0.4, -0.2) is 26.0 Å². The van der Waals surface area contributed by atoms with Crippen LogP contribution in [0.4, 0.5) is 11.4 Å². The zero-order chi connectivity index (χ0) is 18.9. The predicted octanol–water partition coefficient (Wildman–Crippen LogP) is 2.81. The van der Waals surface area contributed by atoms with Gasteiger partial charge in [0.1, 0.15) is 0 Å². The molecule has 0 saturated carbocycles. The molecule has 136 valence electrons. The van der Waals surface area contributed by atoms with Crippen molar-refractivity contribution in [1.29, 1.82) is 0 Å². The summed E-state index contributed by atoms with van der Waals surface area (Å²) in [5.74, 6) is -1.63. The molecule has 6 nitrogen and oxygen atoms in total. The number of carbonyl (C=O) groups excluding carboxylic acids is 2. The first-order valence-electron chi connectivity index (χ1n) is 8.39. The monoisotopic (exact) mass is 372 g/mol. The first kappa shape index (κ1) is 18.1. The van der Waals surface area contributed by atoms with Crippen LogP contribution in [0.1, 0.15) is 29.8 Å². The molecular formula is C19H20N2O4S. The molecule has 0 unspecified atom stereocenters. The number of benzene rings is 2. The third-order valence-corrected chi connectivity index (χ3v) is 6.22. The van der Waals surface area contributed by atoms with Gasteiger partial charge in [-0.25, -0.2) is 12.7 Å². The second kappa shape index (κ2) is 6.92. The highest BCUT2D eigenvalue weighted by atomic mass is 32.2. The number of anilines is 2. The Morgan fingerprint density at radius 2 is 1.92 bits per heavy atom. The normalized spacial score (nSPS) is 18.8. The number of para-hydroxylation sites is 1. The smallest absolute Gasteiger partial charge is 0.255 e. The van der Waals surface area contributed by atoms with Crippen molar-refractivity contribution in [3.8, 4) is 0 Å². The van der Waals surface area contributed by atoms with Crippen molar-refractivity contribution in [2.24, 2.45) is 5.92 Å². The number of nitrogens with one attached hydrogen (secondary N) is 1. The molecule has 0 spiro atoms. The summed E-state index contributed by atoms with van der Waals surface area (Å²) in [6.07, 6.45) is 0.773. The Hall–Kier alpha value is -2.67. The van der Waals surface area contributed by atoms with E-state index in [1.807, 2.05) is 31.2 Å². The van der Waals surface area contributed by atoms with E-state index in [1.54, 1.807) is 19.1 Å². The minimum Gasteiger partial charge on any atom is -0.322 e. The fourth-order valence-corrected chi connectivity index (χ4v) is 4.82. The van der Waals surface area contributed by atoms with Crippen LogP contribution in [0.25, 0.3) is 0 Å². The molecular weight excluding hydrogens is 352 g/mol. The Morgan fingerprint density at radius 1 is 1.19 bits per heavy atom. The van der Waals surface area contributed by atoms with Crippen LogP contribution in [0, 0.1) is 5.92 Å². The molecule has 2 aromatic rings. The Balaban J connectivity index is 1.90. The van der Waals surface area contributed by atoms with Crippen molar-refractivity contribution in [3.63, 3.8) is 0 Å². The van der Waals surface area contributed by atoms with Gasteiger partial charge in [-0.2, -0.15) is 0 Å². The lowest BCUT2D eigenvalue weighted by atomic mass is 10.1. The van der Waals surface area contributed by atoms with Crippen LogP contribution in [-0.2, 0) is 21.2 Å². The van der Waals surface area contributed by atoms with Gasteiger partial charge >= 0.3 is 0 Å². The SMILES string of the molecule is CCc1ccccc1NC(=O)c1cccc(N2C(=O)[C@H](C)CS2(=O)=O)c1. The molecule has 1 atom stereocenters. The van der Waals surface area contributed by atoms with E-state index < -0.39 is 21.8 Å². The van der Waals surface area contributed by atoms with Crippen LogP contribution in [0.15, 0.2) is 48.5 Å². The average Bonchev–Trinajstić information content (AvgIpc) is 2.82. The molecule has 0 aliphatic carbocycles. The fourth-order valence-electron chi connectivity index (χ4n) is 3.01. The maximum atomic E-state index is 12.6. The van der Waals surface area contributed by atoms with Crippen molar-refractivity contribution in [3.05, 3.63) is 59.7 Å². The van der Waals surface area contributed by atoms with Crippen LogP contribution in [0.3, 0.4) is 0 Å². The summed E-state index contributed by atoms with van der Waals surface area (Å²) in [7, 11) is -3.70. The molecule has 1 aliphatic rings. The third kappa shape index (κ3) is 3.35. The van der Waals surface area contributed by atoms with E-state index in [1.165, 1.54) is 12.1 Å². The van der Waals surface area contributed by atoms with Gasteiger partial charge in [-0.1, -0.05) is 38.1 Å². The number of hydrogen-bond donors (Lipinski definition) is 1. The zero-order valence-corrected chi connectivity index (χ0v) is 15.4. The average molecular weight is 372 g/mol. The van der Waals surface area contributed by atoms with Gasteiger partial charge in [-0.15, -0.1) is 0 Å². The third-order valence-electron chi connectivity index (χ3n) is 4.35. The van der Waals surface area contributed by atoms with Gasteiger partial charge in [0.2, 0.25) is 15.9 Å². The molecule has 2 amide bonds. The van der Waals surface area contributed by atoms with Crippen molar-refractivity contribution < 1.29 is 18.0 Å². The Bertz CT molecular complexity index is 969. The fraction of sp³-hybridized carbons (Fsp3) is 0.263. The summed E-state index contributed by atoms with van der Waals surface area (Å²) >= 11 is 0. The standard InChI is InChI=1S/C19H20N2O4S/c1-3-14-7-4-5-10-17(14)20-18(22)15-8-6-9-16(11-15)21-19(23)13(2)12-26(21,24)25/h4-11,13H,3,12H2,1-2H3,(H,20,22)/t13-/m1/s1. The number of hydrogen-bond acceptors (Lipinski definition) is 4. The molecule has 0 radical (unpaired) electrons. The van der Waals surface area contributed by atoms with Crippen LogP contribution in [0.5, 0.6) is 0 Å². The maximum absolute atomic E-state index is 12.6. The van der Waals surface area contributed by atoms with E-state index >= 15 is 0 Å². The minimum atomic E-state index is -3.70. The summed E-state index contributed by atoms with van der Waals surface area (Å²) in [5, 5.41) is 2.84. The number of amides is 2. The van der Waals surface area contributed by atoms with E-state index in [9.17, 15) is 18.0 Å². The van der Waals surface area contributed by atoms with Gasteiger partial charge in [0.25, 0.3) is 5.91 Å². The lowest BCUT2D eigenvalue weighted by Crippen LogP contribution is -2.30. The number of sulfonamides is 1. The highest BCUT2D eigenvalue weighted by Gasteiger charge is 2.42. The highest BCUT2D eigenvalue weighted by molar-refractivity contribution is 7.94. The summed E-state index contributed by atoms with van der Waals surface area (Å²) in [6.45, 7) is 3.58. The maximum Gasteiger partial charge on any atom is 0.255 e.